The molecule has 1 heterocycles. The fourth-order valence-corrected chi connectivity index (χ4v) is 2.74. The number of nitrogens with one attached hydrogen (secondary N) is 2. The quantitative estimate of drug-likeness (QED) is 0.745. The third kappa shape index (κ3) is 2.46. The smallest absolute Gasteiger partial charge is 0.199 e. The zero-order valence-corrected chi connectivity index (χ0v) is 11.3. The normalized spacial score (nSPS) is 25.4. The van der Waals surface area contributed by atoms with Gasteiger partial charge in [-0.3, -0.25) is 5.32 Å². The minimum atomic E-state index is -0.280. The second kappa shape index (κ2) is 4.66. The Labute approximate surface area is 113 Å². The molecule has 4 N–H and O–H groups in total. The second-order valence-electron chi connectivity index (χ2n) is 5.19. The van der Waals surface area contributed by atoms with Gasteiger partial charge in [-0.25, -0.2) is 9.98 Å². The summed E-state index contributed by atoms with van der Waals surface area (Å²) in [6.45, 7) is 4.02. The molecule has 0 spiro atoms. The lowest BCUT2D eigenvalue weighted by atomic mass is 10.1. The van der Waals surface area contributed by atoms with Gasteiger partial charge < -0.3 is 11.1 Å². The molecule has 1 aliphatic carbocycles. The second-order valence-corrected chi connectivity index (χ2v) is 5.19. The minimum Gasteiger partial charge on any atom is -0.370 e. The molecule has 2 atom stereocenters. The number of benzene rings is 1. The predicted octanol–water partition coefficient (Wildman–Crippen LogP) is 1.19. The van der Waals surface area contributed by atoms with E-state index in [1.54, 1.807) is 0 Å². The molecule has 100 valence electrons. The fourth-order valence-electron chi connectivity index (χ4n) is 2.74. The maximum atomic E-state index is 5.73. The molecule has 1 aliphatic heterocycles. The lowest BCUT2D eigenvalue weighted by Crippen LogP contribution is -2.44. The maximum absolute atomic E-state index is 5.73. The van der Waals surface area contributed by atoms with Crippen molar-refractivity contribution in [2.24, 2.45) is 15.7 Å². The van der Waals surface area contributed by atoms with Crippen molar-refractivity contribution in [3.63, 3.8) is 0 Å². The van der Waals surface area contributed by atoms with Gasteiger partial charge in [0.05, 0.1) is 0 Å². The first-order valence-corrected chi connectivity index (χ1v) is 6.62. The topological polar surface area (TPSA) is 74.8 Å². The molecule has 3 rings (SSSR count). The molecule has 5 nitrogen and oxygen atoms in total. The summed E-state index contributed by atoms with van der Waals surface area (Å²) < 4.78 is 0. The third-order valence-corrected chi connectivity index (χ3v) is 3.62. The monoisotopic (exact) mass is 257 g/mol. The Balaban J connectivity index is 1.80. The van der Waals surface area contributed by atoms with Crippen LogP contribution in [0, 0.1) is 6.92 Å². The number of nitrogens with zero attached hydrogens (tertiary/aromatic N) is 2. The van der Waals surface area contributed by atoms with Crippen LogP contribution in [0.25, 0.3) is 0 Å². The van der Waals surface area contributed by atoms with Crippen LogP contribution in [0.4, 0.5) is 0 Å². The van der Waals surface area contributed by atoms with Crippen LogP contribution < -0.4 is 16.4 Å². The van der Waals surface area contributed by atoms with Gasteiger partial charge in [0, 0.05) is 6.04 Å². The van der Waals surface area contributed by atoms with E-state index in [4.69, 9.17) is 5.73 Å². The number of hydrogen-bond donors (Lipinski definition) is 3. The van der Waals surface area contributed by atoms with Crippen molar-refractivity contribution >= 4 is 11.8 Å². The Morgan fingerprint density at radius 1 is 1.32 bits per heavy atom. The standard InChI is InChI=1S/C14H19N5/c1-8-3-4-10-5-6-12(11(10)7-8)18-14-17-9(2)16-13(15)19-14/h3-4,7,12,14,18H,5-6H2,1-2H3,(H3,15,16,17,19). The van der Waals surface area contributed by atoms with Gasteiger partial charge >= 0.3 is 0 Å². The van der Waals surface area contributed by atoms with E-state index in [-0.39, 0.29) is 6.29 Å². The molecule has 2 unspecified atom stereocenters. The van der Waals surface area contributed by atoms with E-state index in [0.717, 1.165) is 18.7 Å². The van der Waals surface area contributed by atoms with Crippen molar-refractivity contribution in [1.82, 2.24) is 10.6 Å². The van der Waals surface area contributed by atoms with Gasteiger partial charge in [-0.15, -0.1) is 0 Å². The number of guanidine groups is 1. The van der Waals surface area contributed by atoms with Crippen molar-refractivity contribution in [3.05, 3.63) is 34.9 Å². The van der Waals surface area contributed by atoms with Crippen molar-refractivity contribution in [3.8, 4) is 0 Å². The van der Waals surface area contributed by atoms with E-state index in [1.165, 1.54) is 16.7 Å². The summed E-state index contributed by atoms with van der Waals surface area (Å²) >= 11 is 0. The van der Waals surface area contributed by atoms with Crippen LogP contribution in [0.15, 0.2) is 28.2 Å². The van der Waals surface area contributed by atoms with Crippen molar-refractivity contribution in [1.29, 1.82) is 0 Å². The molecule has 5 heteroatoms. The number of nitrogens with two attached hydrogens (primary N) is 1. The molecule has 0 fully saturated rings. The molecule has 1 aromatic carbocycles. The molecule has 1 aromatic rings. The summed E-state index contributed by atoms with van der Waals surface area (Å²) in [5, 5.41) is 6.37. The van der Waals surface area contributed by atoms with Crippen LogP contribution in [0.3, 0.4) is 0 Å². The van der Waals surface area contributed by atoms with E-state index in [2.05, 4.69) is 45.7 Å². The zero-order chi connectivity index (χ0) is 13.4. The first kappa shape index (κ1) is 12.2. The maximum Gasteiger partial charge on any atom is 0.199 e. The van der Waals surface area contributed by atoms with E-state index in [9.17, 15) is 0 Å². The van der Waals surface area contributed by atoms with Crippen LogP contribution >= 0.6 is 0 Å². The van der Waals surface area contributed by atoms with Gasteiger partial charge in [-0.2, -0.15) is 0 Å². The fraction of sp³-hybridized carbons (Fsp3) is 0.429. The molecule has 0 bridgehead atoms. The van der Waals surface area contributed by atoms with Crippen LogP contribution in [-0.4, -0.2) is 18.1 Å². The Morgan fingerprint density at radius 3 is 2.95 bits per heavy atom. The van der Waals surface area contributed by atoms with Gasteiger partial charge in [0.2, 0.25) is 0 Å². The van der Waals surface area contributed by atoms with Crippen LogP contribution in [-0.2, 0) is 6.42 Å². The first-order valence-electron chi connectivity index (χ1n) is 6.62. The molecule has 0 aromatic heterocycles. The Kier molecular flexibility index (Phi) is 2.98. The molecular weight excluding hydrogens is 238 g/mol. The lowest BCUT2D eigenvalue weighted by Gasteiger charge is -2.22. The summed E-state index contributed by atoms with van der Waals surface area (Å²) in [4.78, 5) is 8.69. The van der Waals surface area contributed by atoms with Gasteiger partial charge in [-0.05, 0) is 37.8 Å². The highest BCUT2D eigenvalue weighted by Gasteiger charge is 2.25. The van der Waals surface area contributed by atoms with E-state index in [0.29, 0.717) is 12.0 Å². The Hall–Kier alpha value is -1.88. The molecule has 19 heavy (non-hydrogen) atoms. The average molecular weight is 257 g/mol. The summed E-state index contributed by atoms with van der Waals surface area (Å²) in [6.07, 6.45) is 1.92. The van der Waals surface area contributed by atoms with Crippen LogP contribution in [0.1, 0.15) is 36.1 Å². The summed E-state index contributed by atoms with van der Waals surface area (Å²) in [5.74, 6) is 1.22. The highest BCUT2D eigenvalue weighted by molar-refractivity contribution is 5.99. The number of fused-ring (bicyclic) bond motifs is 1. The van der Waals surface area contributed by atoms with Crippen LogP contribution in [0.2, 0.25) is 0 Å². The van der Waals surface area contributed by atoms with Gasteiger partial charge in [0.15, 0.2) is 12.2 Å². The van der Waals surface area contributed by atoms with E-state index >= 15 is 0 Å². The number of aliphatic imine (C=N–C) groups is 2. The molecule has 0 amide bonds. The van der Waals surface area contributed by atoms with E-state index < -0.39 is 0 Å². The molecule has 0 saturated heterocycles. The summed E-state index contributed by atoms with van der Waals surface area (Å²) in [6, 6.07) is 6.96. The molecular formula is C14H19N5. The number of amidine groups is 1. The van der Waals surface area contributed by atoms with Gasteiger partial charge in [0.1, 0.15) is 5.84 Å². The number of rotatable bonds is 2. The number of aryl methyl sites for hydroxylation is 2. The number of hydrogen-bond acceptors (Lipinski definition) is 5. The van der Waals surface area contributed by atoms with Crippen molar-refractivity contribution in [2.75, 3.05) is 0 Å². The predicted molar refractivity (Wildman–Crippen MR) is 77.0 cm³/mol. The third-order valence-electron chi connectivity index (χ3n) is 3.62. The van der Waals surface area contributed by atoms with Gasteiger partial charge in [-0.1, -0.05) is 23.8 Å². The SMILES string of the molecule is CC1=NC(NC2CCc3ccc(C)cc32)N=C(N)N1. The van der Waals surface area contributed by atoms with Crippen molar-refractivity contribution in [2.45, 2.75) is 39.0 Å². The first-order chi connectivity index (χ1) is 9.11. The average Bonchev–Trinajstić information content (AvgIpc) is 2.70. The Morgan fingerprint density at radius 2 is 2.16 bits per heavy atom. The largest absolute Gasteiger partial charge is 0.370 e. The zero-order valence-electron chi connectivity index (χ0n) is 11.3. The van der Waals surface area contributed by atoms with Crippen molar-refractivity contribution < 1.29 is 0 Å². The summed E-state index contributed by atoms with van der Waals surface area (Å²) in [7, 11) is 0. The van der Waals surface area contributed by atoms with Gasteiger partial charge in [0.25, 0.3) is 0 Å². The summed E-state index contributed by atoms with van der Waals surface area (Å²) in [5.41, 5.74) is 9.82. The highest BCUT2D eigenvalue weighted by atomic mass is 15.3. The molecule has 2 aliphatic rings. The lowest BCUT2D eigenvalue weighted by molar-refractivity contribution is 0.448. The minimum absolute atomic E-state index is 0.280. The molecule has 0 saturated carbocycles. The van der Waals surface area contributed by atoms with E-state index in [1.807, 2.05) is 6.92 Å². The van der Waals surface area contributed by atoms with Crippen LogP contribution in [0.5, 0.6) is 0 Å². The highest BCUT2D eigenvalue weighted by Crippen LogP contribution is 2.32. The molecule has 0 radical (unpaired) electrons. The Bertz CT molecular complexity index is 543.